The standard InChI is InChI=1S/C25H32FN3O/c26-23-12-3-1-10-20(23)16-21(27)17-25(30)29-15-7-11-22(29)18-28-14-6-5-9-19-8-2-4-13-24(19)28/h1-4,8,10,12-13,21-22H,5-7,9,11,14-18,27H2/p+1/t21-,22?/m1/s1. The van der Waals surface area contributed by atoms with Gasteiger partial charge >= 0.3 is 5.90 Å². The predicted octanol–water partition coefficient (Wildman–Crippen LogP) is 4.06. The van der Waals surface area contributed by atoms with E-state index in [-0.39, 0.29) is 17.9 Å². The van der Waals surface area contributed by atoms with E-state index < -0.39 is 0 Å². The summed E-state index contributed by atoms with van der Waals surface area (Å²) in [5.74, 6) is 0.121. The minimum atomic E-state index is -0.304. The molecule has 4 rings (SSSR count). The molecule has 0 bridgehead atoms. The van der Waals surface area contributed by atoms with Crippen LogP contribution in [0.25, 0.3) is 0 Å². The topological polar surface area (TPSA) is 52.5 Å². The summed E-state index contributed by atoms with van der Waals surface area (Å²) in [7, 11) is 0. The predicted molar refractivity (Wildman–Crippen MR) is 120 cm³/mol. The third-order valence-corrected chi connectivity index (χ3v) is 6.48. The zero-order chi connectivity index (χ0) is 20.9. The Morgan fingerprint density at radius 3 is 2.80 bits per heavy atom. The van der Waals surface area contributed by atoms with E-state index in [0.717, 1.165) is 38.9 Å². The Balaban J connectivity index is 1.45. The van der Waals surface area contributed by atoms with Crippen molar-refractivity contribution in [1.82, 2.24) is 0 Å². The fourth-order valence-electron chi connectivity index (χ4n) is 4.95. The van der Waals surface area contributed by atoms with Gasteiger partial charge in [0.15, 0.2) is 6.04 Å². The van der Waals surface area contributed by atoms with Gasteiger partial charge in [0.1, 0.15) is 12.4 Å². The van der Waals surface area contributed by atoms with Crippen molar-refractivity contribution >= 4 is 11.6 Å². The monoisotopic (exact) mass is 410 g/mol. The summed E-state index contributed by atoms with van der Waals surface area (Å²) >= 11 is 0. The number of hydrogen-bond donors (Lipinski definition) is 2. The van der Waals surface area contributed by atoms with Gasteiger partial charge in [-0.2, -0.15) is 4.58 Å². The molecule has 160 valence electrons. The van der Waals surface area contributed by atoms with Gasteiger partial charge in [-0.1, -0.05) is 36.4 Å². The molecule has 2 atom stereocenters. The average Bonchev–Trinajstić information content (AvgIpc) is 3.11. The number of nitrogens with two attached hydrogens (primary N) is 1. The van der Waals surface area contributed by atoms with Crippen molar-refractivity contribution in [3.05, 3.63) is 65.5 Å². The Bertz CT molecular complexity index is 897. The Morgan fingerprint density at radius 2 is 1.93 bits per heavy atom. The molecular weight excluding hydrogens is 377 g/mol. The molecule has 30 heavy (non-hydrogen) atoms. The largest absolute Gasteiger partial charge is 0.463 e. The summed E-state index contributed by atoms with van der Waals surface area (Å²) in [5.41, 5.74) is 9.66. The molecule has 2 aliphatic rings. The molecule has 2 aromatic carbocycles. The van der Waals surface area contributed by atoms with E-state index in [1.54, 1.807) is 12.1 Å². The summed E-state index contributed by atoms with van der Waals surface area (Å²) < 4.78 is 16.1. The van der Waals surface area contributed by atoms with Gasteiger partial charge in [0.25, 0.3) is 0 Å². The van der Waals surface area contributed by atoms with Crippen LogP contribution in [-0.2, 0) is 12.8 Å². The number of benzene rings is 2. The van der Waals surface area contributed by atoms with Crippen molar-refractivity contribution in [3.8, 4) is 0 Å². The first-order valence-corrected chi connectivity index (χ1v) is 11.2. The molecule has 0 amide bonds. The zero-order valence-electron chi connectivity index (χ0n) is 17.6. The maximum Gasteiger partial charge on any atom is 0.335 e. The van der Waals surface area contributed by atoms with Gasteiger partial charge in [-0.15, -0.1) is 0 Å². The normalized spacial score (nSPS) is 21.8. The number of aryl methyl sites for hydroxylation is 1. The van der Waals surface area contributed by atoms with Gasteiger partial charge in [0.2, 0.25) is 0 Å². The molecule has 2 aliphatic heterocycles. The highest BCUT2D eigenvalue weighted by Gasteiger charge is 2.34. The maximum absolute atomic E-state index is 13.9. The van der Waals surface area contributed by atoms with E-state index in [0.29, 0.717) is 24.3 Å². The molecule has 2 aromatic rings. The van der Waals surface area contributed by atoms with E-state index in [9.17, 15) is 9.50 Å². The number of aliphatic hydroxyl groups is 1. The van der Waals surface area contributed by atoms with Crippen LogP contribution in [0.2, 0.25) is 0 Å². The van der Waals surface area contributed by atoms with Crippen LogP contribution in [-0.4, -0.2) is 47.3 Å². The summed E-state index contributed by atoms with van der Waals surface area (Å²) in [5, 5.41) is 10.9. The summed E-state index contributed by atoms with van der Waals surface area (Å²) in [4.78, 5) is 2.50. The number of hydrogen-bond acceptors (Lipinski definition) is 2. The van der Waals surface area contributed by atoms with E-state index in [1.165, 1.54) is 30.2 Å². The van der Waals surface area contributed by atoms with E-state index in [4.69, 9.17) is 5.73 Å². The summed E-state index contributed by atoms with van der Waals surface area (Å²) in [6.45, 7) is 2.84. The van der Waals surface area contributed by atoms with Gasteiger partial charge in [0, 0.05) is 31.1 Å². The lowest BCUT2D eigenvalue weighted by Gasteiger charge is -2.26. The first-order chi connectivity index (χ1) is 14.6. The average molecular weight is 411 g/mol. The van der Waals surface area contributed by atoms with Crippen molar-refractivity contribution in [1.29, 1.82) is 0 Å². The number of aliphatic hydroxyl groups excluding tert-OH is 1. The Labute approximate surface area is 178 Å². The number of anilines is 1. The second-order valence-corrected chi connectivity index (χ2v) is 8.70. The van der Waals surface area contributed by atoms with Crippen LogP contribution in [0.15, 0.2) is 48.5 Å². The van der Waals surface area contributed by atoms with Crippen LogP contribution in [0.4, 0.5) is 10.1 Å². The molecule has 5 heteroatoms. The van der Waals surface area contributed by atoms with Crippen LogP contribution >= 0.6 is 0 Å². The highest BCUT2D eigenvalue weighted by molar-refractivity contribution is 5.69. The minimum Gasteiger partial charge on any atom is -0.463 e. The Kier molecular flexibility index (Phi) is 6.68. The van der Waals surface area contributed by atoms with Gasteiger partial charge < -0.3 is 15.7 Å². The van der Waals surface area contributed by atoms with Crippen molar-refractivity contribution in [2.45, 2.75) is 57.0 Å². The van der Waals surface area contributed by atoms with Gasteiger partial charge in [-0.25, -0.2) is 4.39 Å². The molecular formula is C25H33FN3O+. The molecule has 0 spiro atoms. The molecule has 3 N–H and O–H groups in total. The second kappa shape index (κ2) is 9.61. The van der Waals surface area contributed by atoms with Crippen LogP contribution in [0.1, 0.15) is 43.2 Å². The van der Waals surface area contributed by atoms with Crippen molar-refractivity contribution in [3.63, 3.8) is 0 Å². The maximum atomic E-state index is 13.9. The number of para-hydroxylation sites is 1. The first-order valence-electron chi connectivity index (χ1n) is 11.2. The third kappa shape index (κ3) is 4.84. The van der Waals surface area contributed by atoms with Crippen LogP contribution in [0, 0.1) is 5.82 Å². The smallest absolute Gasteiger partial charge is 0.335 e. The quantitative estimate of drug-likeness (QED) is 0.558. The minimum absolute atomic E-state index is 0.230. The fraction of sp³-hybridized carbons (Fsp3) is 0.480. The Morgan fingerprint density at radius 1 is 1.13 bits per heavy atom. The van der Waals surface area contributed by atoms with E-state index in [1.807, 2.05) is 6.07 Å². The van der Waals surface area contributed by atoms with Crippen molar-refractivity contribution < 1.29 is 14.1 Å². The molecule has 2 heterocycles. The fourth-order valence-corrected chi connectivity index (χ4v) is 4.95. The number of rotatable bonds is 6. The van der Waals surface area contributed by atoms with E-state index in [2.05, 4.69) is 33.7 Å². The van der Waals surface area contributed by atoms with Gasteiger partial charge in [-0.05, 0) is 48.9 Å². The number of halogens is 1. The first kappa shape index (κ1) is 20.9. The molecule has 0 aromatic heterocycles. The Hall–Kier alpha value is -2.40. The highest BCUT2D eigenvalue weighted by Crippen LogP contribution is 2.27. The summed E-state index contributed by atoms with van der Waals surface area (Å²) in [6.07, 6.45) is 6.52. The zero-order valence-corrected chi connectivity index (χ0v) is 17.6. The van der Waals surface area contributed by atoms with Gasteiger partial charge in [-0.3, -0.25) is 0 Å². The highest BCUT2D eigenvalue weighted by atomic mass is 19.1. The van der Waals surface area contributed by atoms with Crippen LogP contribution in [0.5, 0.6) is 0 Å². The SMILES string of the molecule is N[C@@H](CC(O)=[N+]1CCCC1CN1CCCCc2ccccc21)Cc1ccccc1F. The lowest BCUT2D eigenvalue weighted by Crippen LogP contribution is -2.40. The van der Waals surface area contributed by atoms with Crippen molar-refractivity contribution in [2.24, 2.45) is 5.73 Å². The molecule has 0 radical (unpaired) electrons. The van der Waals surface area contributed by atoms with E-state index >= 15 is 0 Å². The number of fused-ring (bicyclic) bond motifs is 1. The molecule has 1 fully saturated rings. The third-order valence-electron chi connectivity index (χ3n) is 6.48. The lowest BCUT2D eigenvalue weighted by molar-refractivity contribution is -0.550. The summed E-state index contributed by atoms with van der Waals surface area (Å²) in [6, 6.07) is 15.4. The van der Waals surface area contributed by atoms with Crippen LogP contribution < -0.4 is 10.6 Å². The van der Waals surface area contributed by atoms with Gasteiger partial charge in [0.05, 0.1) is 13.0 Å². The molecule has 4 nitrogen and oxygen atoms in total. The lowest BCUT2D eigenvalue weighted by atomic mass is 10.0. The molecule has 1 saturated heterocycles. The second-order valence-electron chi connectivity index (χ2n) is 8.70. The number of nitrogens with zero attached hydrogens (tertiary/aromatic N) is 2. The molecule has 0 aliphatic carbocycles. The van der Waals surface area contributed by atoms with Crippen LogP contribution in [0.3, 0.4) is 0 Å². The molecule has 1 unspecified atom stereocenters. The molecule has 0 saturated carbocycles. The van der Waals surface area contributed by atoms with Crippen molar-refractivity contribution in [2.75, 3.05) is 24.5 Å².